The van der Waals surface area contributed by atoms with E-state index in [1.54, 1.807) is 12.1 Å². The number of aliphatic hydroxyl groups is 1. The van der Waals surface area contributed by atoms with E-state index in [0.29, 0.717) is 30.1 Å². The molecule has 186 valence electrons. The number of anilines is 1. The van der Waals surface area contributed by atoms with Gasteiger partial charge in [-0.25, -0.2) is 0 Å². The third-order valence-electron chi connectivity index (χ3n) is 7.92. The highest BCUT2D eigenvalue weighted by molar-refractivity contribution is 6.34. The zero-order chi connectivity index (χ0) is 24.8. The van der Waals surface area contributed by atoms with Crippen molar-refractivity contribution in [3.8, 4) is 0 Å². The number of nitrogens with zero attached hydrogens (tertiary/aromatic N) is 1. The number of aliphatic hydroxyl groups excluding tert-OH is 1. The Bertz CT molecular complexity index is 983. The molecule has 6 atom stereocenters. The summed E-state index contributed by atoms with van der Waals surface area (Å²) in [5, 5.41) is 15.7. The molecule has 4 rings (SSSR count). The molecule has 3 N–H and O–H groups in total. The number of halogens is 1. The third kappa shape index (κ3) is 3.62. The van der Waals surface area contributed by atoms with Crippen LogP contribution in [0.15, 0.2) is 18.2 Å². The summed E-state index contributed by atoms with van der Waals surface area (Å²) in [7, 11) is 0. The Morgan fingerprint density at radius 3 is 2.71 bits per heavy atom. The SMILES string of the molecule is CCCNC(=O)[C@H]1[C@H]2C(=O)N(CCCO)C(C(=O)Nc3c(C)cccc3Cl)C23CC(C)[C@]1(C)O3. The van der Waals surface area contributed by atoms with Crippen LogP contribution < -0.4 is 10.6 Å². The number of carbonyl (C=O) groups is 3. The molecule has 8 nitrogen and oxygen atoms in total. The fraction of sp³-hybridized carbons (Fsp3) is 0.640. The maximum absolute atomic E-state index is 13.8. The largest absolute Gasteiger partial charge is 0.396 e. The van der Waals surface area contributed by atoms with E-state index >= 15 is 0 Å². The number of likely N-dealkylation sites (tertiary alicyclic amines) is 1. The van der Waals surface area contributed by atoms with Gasteiger partial charge in [-0.15, -0.1) is 0 Å². The van der Waals surface area contributed by atoms with Crippen LogP contribution in [0.25, 0.3) is 0 Å². The van der Waals surface area contributed by atoms with E-state index in [9.17, 15) is 19.5 Å². The van der Waals surface area contributed by atoms with Gasteiger partial charge in [-0.1, -0.05) is 37.6 Å². The molecule has 3 aliphatic heterocycles. The van der Waals surface area contributed by atoms with Crippen LogP contribution in [-0.4, -0.2) is 64.7 Å². The first kappa shape index (κ1) is 24.9. The van der Waals surface area contributed by atoms with Crippen molar-refractivity contribution in [1.82, 2.24) is 10.2 Å². The number of hydrogen-bond acceptors (Lipinski definition) is 5. The Morgan fingerprint density at radius 1 is 1.32 bits per heavy atom. The predicted octanol–water partition coefficient (Wildman–Crippen LogP) is 2.51. The predicted molar refractivity (Wildman–Crippen MR) is 128 cm³/mol. The van der Waals surface area contributed by atoms with Gasteiger partial charge in [-0.2, -0.15) is 0 Å². The second kappa shape index (κ2) is 9.13. The van der Waals surface area contributed by atoms with E-state index in [1.807, 2.05) is 33.8 Å². The van der Waals surface area contributed by atoms with Gasteiger partial charge in [0.1, 0.15) is 11.6 Å². The fourth-order valence-electron chi connectivity index (χ4n) is 6.26. The average Bonchev–Trinajstić information content (AvgIpc) is 3.30. The Balaban J connectivity index is 1.75. The van der Waals surface area contributed by atoms with Gasteiger partial charge in [0.05, 0.1) is 28.1 Å². The summed E-state index contributed by atoms with van der Waals surface area (Å²) in [6.45, 7) is 8.31. The number of rotatable bonds is 8. The molecular formula is C25H34ClN3O5. The minimum Gasteiger partial charge on any atom is -0.396 e. The zero-order valence-corrected chi connectivity index (χ0v) is 20.9. The van der Waals surface area contributed by atoms with Gasteiger partial charge >= 0.3 is 0 Å². The monoisotopic (exact) mass is 491 g/mol. The molecule has 3 unspecified atom stereocenters. The lowest BCUT2D eigenvalue weighted by Gasteiger charge is -2.36. The smallest absolute Gasteiger partial charge is 0.250 e. The van der Waals surface area contributed by atoms with Crippen LogP contribution in [-0.2, 0) is 19.1 Å². The summed E-state index contributed by atoms with van der Waals surface area (Å²) in [5.41, 5.74) is -0.670. The maximum atomic E-state index is 13.8. The number of hydrogen-bond donors (Lipinski definition) is 3. The molecule has 0 aliphatic carbocycles. The van der Waals surface area contributed by atoms with Gasteiger partial charge in [0.25, 0.3) is 0 Å². The molecule has 3 fully saturated rings. The summed E-state index contributed by atoms with van der Waals surface area (Å²) in [6.07, 6.45) is 1.59. The molecular weight excluding hydrogens is 458 g/mol. The van der Waals surface area contributed by atoms with E-state index in [4.69, 9.17) is 16.3 Å². The van der Waals surface area contributed by atoms with Crippen molar-refractivity contribution in [3.05, 3.63) is 28.8 Å². The minimum atomic E-state index is -1.12. The molecule has 3 amide bonds. The molecule has 0 aromatic heterocycles. The zero-order valence-electron chi connectivity index (χ0n) is 20.2. The highest BCUT2D eigenvalue weighted by Crippen LogP contribution is 2.65. The van der Waals surface area contributed by atoms with Gasteiger partial charge < -0.3 is 25.4 Å². The molecule has 34 heavy (non-hydrogen) atoms. The molecule has 0 saturated carbocycles. The minimum absolute atomic E-state index is 0.0240. The van der Waals surface area contributed by atoms with Crippen molar-refractivity contribution < 1.29 is 24.2 Å². The summed E-state index contributed by atoms with van der Waals surface area (Å²) in [6, 6.07) is 4.42. The number of aryl methyl sites for hydroxylation is 1. The lowest BCUT2D eigenvalue weighted by Crippen LogP contribution is -2.54. The van der Waals surface area contributed by atoms with Crippen LogP contribution in [0, 0.1) is 24.7 Å². The van der Waals surface area contributed by atoms with Crippen LogP contribution in [0.5, 0.6) is 0 Å². The van der Waals surface area contributed by atoms with Crippen molar-refractivity contribution >= 4 is 35.0 Å². The first-order chi connectivity index (χ1) is 16.1. The number of ether oxygens (including phenoxy) is 1. The van der Waals surface area contributed by atoms with Gasteiger partial charge in [0.2, 0.25) is 17.7 Å². The first-order valence-electron chi connectivity index (χ1n) is 12.1. The molecule has 1 spiro atoms. The van der Waals surface area contributed by atoms with Crippen molar-refractivity contribution in [3.63, 3.8) is 0 Å². The van der Waals surface area contributed by atoms with E-state index in [-0.39, 0.29) is 30.9 Å². The van der Waals surface area contributed by atoms with Crippen LogP contribution >= 0.6 is 11.6 Å². The Labute approximate surface area is 205 Å². The van der Waals surface area contributed by atoms with Crippen LogP contribution in [0.4, 0.5) is 5.69 Å². The number of para-hydroxylation sites is 1. The number of fused-ring (bicyclic) bond motifs is 1. The quantitative estimate of drug-likeness (QED) is 0.518. The second-order valence-corrected chi connectivity index (χ2v) is 10.4. The number of amides is 3. The number of benzene rings is 1. The van der Waals surface area contributed by atoms with Gasteiger partial charge in [-0.05, 0) is 50.7 Å². The van der Waals surface area contributed by atoms with E-state index in [2.05, 4.69) is 10.6 Å². The van der Waals surface area contributed by atoms with Crippen molar-refractivity contribution in [2.45, 2.75) is 64.2 Å². The Morgan fingerprint density at radius 2 is 2.06 bits per heavy atom. The Hall–Kier alpha value is -2.16. The number of carbonyl (C=O) groups excluding carboxylic acids is 3. The molecule has 0 radical (unpaired) electrons. The summed E-state index contributed by atoms with van der Waals surface area (Å²) < 4.78 is 6.63. The molecule has 1 aromatic rings. The molecule has 3 heterocycles. The van der Waals surface area contributed by atoms with Crippen LogP contribution in [0.2, 0.25) is 5.02 Å². The molecule has 9 heteroatoms. The van der Waals surface area contributed by atoms with Crippen molar-refractivity contribution in [2.75, 3.05) is 25.0 Å². The van der Waals surface area contributed by atoms with Gasteiger partial charge in [0.15, 0.2) is 0 Å². The van der Waals surface area contributed by atoms with Gasteiger partial charge in [0, 0.05) is 19.7 Å². The molecule has 1 aromatic carbocycles. The maximum Gasteiger partial charge on any atom is 0.250 e. The topological polar surface area (TPSA) is 108 Å². The lowest BCUT2D eigenvalue weighted by molar-refractivity contribution is -0.146. The van der Waals surface area contributed by atoms with Crippen molar-refractivity contribution in [1.29, 1.82) is 0 Å². The van der Waals surface area contributed by atoms with E-state index in [0.717, 1.165) is 12.0 Å². The van der Waals surface area contributed by atoms with Crippen LogP contribution in [0.1, 0.15) is 45.6 Å². The summed E-state index contributed by atoms with van der Waals surface area (Å²) in [5.74, 6) is -2.34. The molecule has 2 bridgehead atoms. The first-order valence-corrected chi connectivity index (χ1v) is 12.4. The average molecular weight is 492 g/mol. The fourth-order valence-corrected chi connectivity index (χ4v) is 6.53. The Kier molecular flexibility index (Phi) is 6.70. The second-order valence-electron chi connectivity index (χ2n) is 10.0. The highest BCUT2D eigenvalue weighted by Gasteiger charge is 2.79. The normalized spacial score (nSPS) is 33.8. The van der Waals surface area contributed by atoms with Crippen LogP contribution in [0.3, 0.4) is 0 Å². The summed E-state index contributed by atoms with van der Waals surface area (Å²) in [4.78, 5) is 42.4. The standard InChI is InChI=1S/C25H34ClN3O5/c1-5-10-27-21(31)17-18-23(33)29(11-7-12-30)20(25(18)13-15(3)24(17,4)34-25)22(32)28-19-14(2)8-6-9-16(19)26/h6,8-9,15,17-18,20,30H,5,7,10-13H2,1-4H3,(H,27,31)(H,28,32)/t15?,17-,18+,20?,24+,25?/m1/s1. The van der Waals surface area contributed by atoms with Crippen molar-refractivity contribution in [2.24, 2.45) is 17.8 Å². The molecule has 3 saturated heterocycles. The summed E-state index contributed by atoms with van der Waals surface area (Å²) >= 11 is 6.36. The third-order valence-corrected chi connectivity index (χ3v) is 8.24. The van der Waals surface area contributed by atoms with E-state index < -0.39 is 35.0 Å². The van der Waals surface area contributed by atoms with E-state index in [1.165, 1.54) is 4.90 Å². The number of nitrogens with one attached hydrogen (secondary N) is 2. The molecule has 3 aliphatic rings. The van der Waals surface area contributed by atoms with Gasteiger partial charge in [-0.3, -0.25) is 14.4 Å². The highest BCUT2D eigenvalue weighted by atomic mass is 35.5. The lowest BCUT2D eigenvalue weighted by atomic mass is 9.62.